The Kier molecular flexibility index (Phi) is 3.86. The van der Waals surface area contributed by atoms with Crippen LogP contribution in [0.3, 0.4) is 0 Å². The van der Waals surface area contributed by atoms with Gasteiger partial charge in [0, 0.05) is 31.2 Å². The van der Waals surface area contributed by atoms with Gasteiger partial charge in [0.25, 0.3) is 0 Å². The first kappa shape index (κ1) is 12.0. The molecule has 0 spiro atoms. The van der Waals surface area contributed by atoms with Crippen molar-refractivity contribution in [2.75, 3.05) is 11.9 Å². The van der Waals surface area contributed by atoms with E-state index < -0.39 is 0 Å². The van der Waals surface area contributed by atoms with Crippen molar-refractivity contribution in [2.45, 2.75) is 19.9 Å². The molecule has 2 aromatic heterocycles. The van der Waals surface area contributed by atoms with Gasteiger partial charge in [-0.1, -0.05) is 0 Å². The monoisotopic (exact) mass is 242 g/mol. The van der Waals surface area contributed by atoms with E-state index in [9.17, 15) is 0 Å². The topological polar surface area (TPSA) is 79.4 Å². The Labute approximate surface area is 105 Å². The molecule has 0 aromatic carbocycles. The number of hydrogen-bond acceptors (Lipinski definition) is 5. The molecule has 0 saturated carbocycles. The lowest BCUT2D eigenvalue weighted by Gasteiger charge is -2.06. The highest BCUT2D eigenvalue weighted by Crippen LogP contribution is 2.04. The largest absolute Gasteiger partial charge is 0.354 e. The van der Waals surface area contributed by atoms with Crippen molar-refractivity contribution in [3.63, 3.8) is 0 Å². The minimum Gasteiger partial charge on any atom is -0.354 e. The van der Waals surface area contributed by atoms with E-state index in [-0.39, 0.29) is 0 Å². The summed E-state index contributed by atoms with van der Waals surface area (Å²) in [5, 5.41) is 11.9. The first-order valence-corrected chi connectivity index (χ1v) is 5.73. The normalized spacial score (nSPS) is 10.0. The maximum absolute atomic E-state index is 8.80. The van der Waals surface area contributed by atoms with E-state index in [0.717, 1.165) is 25.2 Å². The Balaban J connectivity index is 1.83. The fourth-order valence-corrected chi connectivity index (χ4v) is 1.59. The van der Waals surface area contributed by atoms with Crippen LogP contribution in [0.25, 0.3) is 0 Å². The van der Waals surface area contributed by atoms with Crippen LogP contribution in [0.4, 0.5) is 5.95 Å². The van der Waals surface area contributed by atoms with Crippen molar-refractivity contribution in [1.29, 1.82) is 5.26 Å². The molecule has 18 heavy (non-hydrogen) atoms. The van der Waals surface area contributed by atoms with Crippen LogP contribution >= 0.6 is 0 Å². The third-order valence-electron chi connectivity index (χ3n) is 2.40. The number of imidazole rings is 1. The van der Waals surface area contributed by atoms with Crippen LogP contribution in [-0.4, -0.2) is 26.1 Å². The van der Waals surface area contributed by atoms with Crippen molar-refractivity contribution in [3.8, 4) is 6.07 Å². The van der Waals surface area contributed by atoms with E-state index in [0.29, 0.717) is 11.6 Å². The van der Waals surface area contributed by atoms with Gasteiger partial charge in [-0.05, 0) is 19.4 Å². The third kappa shape index (κ3) is 3.28. The molecule has 0 unspecified atom stereocenters. The number of anilines is 1. The molecule has 0 atom stereocenters. The summed E-state index contributed by atoms with van der Waals surface area (Å²) in [6, 6.07) is 3.68. The van der Waals surface area contributed by atoms with Gasteiger partial charge in [-0.25, -0.2) is 15.0 Å². The molecule has 0 saturated heterocycles. The summed E-state index contributed by atoms with van der Waals surface area (Å²) in [4.78, 5) is 12.3. The van der Waals surface area contributed by atoms with Gasteiger partial charge in [0.15, 0.2) is 0 Å². The highest BCUT2D eigenvalue weighted by molar-refractivity contribution is 5.32. The number of rotatable bonds is 5. The van der Waals surface area contributed by atoms with E-state index in [1.54, 1.807) is 18.6 Å². The molecular weight excluding hydrogens is 228 g/mol. The molecule has 1 N–H and O–H groups in total. The Morgan fingerprint density at radius 1 is 1.44 bits per heavy atom. The average Bonchev–Trinajstić information content (AvgIpc) is 2.87. The van der Waals surface area contributed by atoms with Gasteiger partial charge in [-0.15, -0.1) is 0 Å². The molecule has 0 aliphatic carbocycles. The van der Waals surface area contributed by atoms with Crippen LogP contribution in [0, 0.1) is 18.3 Å². The quantitative estimate of drug-likeness (QED) is 0.801. The number of nitrogens with zero attached hydrogens (tertiary/aromatic N) is 5. The third-order valence-corrected chi connectivity index (χ3v) is 2.40. The molecule has 0 radical (unpaired) electrons. The van der Waals surface area contributed by atoms with Crippen LogP contribution < -0.4 is 5.32 Å². The summed E-state index contributed by atoms with van der Waals surface area (Å²) in [6.45, 7) is 3.50. The second-order valence-electron chi connectivity index (χ2n) is 3.91. The fourth-order valence-electron chi connectivity index (χ4n) is 1.59. The predicted octanol–water partition coefficient (Wildman–Crippen LogP) is 1.36. The van der Waals surface area contributed by atoms with Crippen molar-refractivity contribution in [1.82, 2.24) is 19.5 Å². The van der Waals surface area contributed by atoms with Gasteiger partial charge >= 0.3 is 0 Å². The lowest BCUT2D eigenvalue weighted by molar-refractivity contribution is 0.659. The van der Waals surface area contributed by atoms with Crippen molar-refractivity contribution < 1.29 is 0 Å². The van der Waals surface area contributed by atoms with Gasteiger partial charge in [0.2, 0.25) is 5.95 Å². The van der Waals surface area contributed by atoms with Crippen molar-refractivity contribution in [2.24, 2.45) is 0 Å². The standard InChI is InChI=1S/C12H14N6/c1-10-7-11(8-13)17-12(16-10)15-3-2-5-18-6-4-14-9-18/h4,6-7,9H,2-3,5H2,1H3,(H,15,16,17). The molecule has 6 nitrogen and oxygen atoms in total. The number of nitrogens with one attached hydrogen (secondary N) is 1. The molecular formula is C12H14N6. The highest BCUT2D eigenvalue weighted by Gasteiger charge is 2.00. The number of nitriles is 1. The molecule has 0 fully saturated rings. The van der Waals surface area contributed by atoms with Gasteiger partial charge in [-0.2, -0.15) is 5.26 Å². The zero-order valence-corrected chi connectivity index (χ0v) is 10.2. The predicted molar refractivity (Wildman–Crippen MR) is 66.8 cm³/mol. The van der Waals surface area contributed by atoms with Gasteiger partial charge in [-0.3, -0.25) is 0 Å². The lowest BCUT2D eigenvalue weighted by Crippen LogP contribution is -2.09. The molecule has 0 aliphatic heterocycles. The van der Waals surface area contributed by atoms with Crippen molar-refractivity contribution in [3.05, 3.63) is 36.2 Å². The molecule has 6 heteroatoms. The molecule has 2 heterocycles. The highest BCUT2D eigenvalue weighted by atomic mass is 15.1. The Morgan fingerprint density at radius 3 is 3.06 bits per heavy atom. The molecule has 0 amide bonds. The summed E-state index contributed by atoms with van der Waals surface area (Å²) < 4.78 is 2.01. The summed E-state index contributed by atoms with van der Waals surface area (Å²) in [6.07, 6.45) is 6.42. The Morgan fingerprint density at radius 2 is 2.33 bits per heavy atom. The number of aromatic nitrogens is 4. The minimum atomic E-state index is 0.389. The maximum Gasteiger partial charge on any atom is 0.224 e. The smallest absolute Gasteiger partial charge is 0.224 e. The van der Waals surface area contributed by atoms with Crippen LogP contribution in [0.5, 0.6) is 0 Å². The van der Waals surface area contributed by atoms with E-state index in [4.69, 9.17) is 5.26 Å². The zero-order valence-electron chi connectivity index (χ0n) is 10.2. The Hall–Kier alpha value is -2.42. The van der Waals surface area contributed by atoms with Crippen LogP contribution in [0.1, 0.15) is 17.8 Å². The van der Waals surface area contributed by atoms with Crippen molar-refractivity contribution >= 4 is 5.95 Å². The second-order valence-corrected chi connectivity index (χ2v) is 3.91. The first-order chi connectivity index (χ1) is 8.78. The Bertz CT molecular complexity index is 540. The van der Waals surface area contributed by atoms with E-state index >= 15 is 0 Å². The molecule has 2 rings (SSSR count). The minimum absolute atomic E-state index is 0.389. The van der Waals surface area contributed by atoms with Gasteiger partial charge < -0.3 is 9.88 Å². The van der Waals surface area contributed by atoms with Crippen LogP contribution in [-0.2, 0) is 6.54 Å². The van der Waals surface area contributed by atoms with Crippen LogP contribution in [0.15, 0.2) is 24.8 Å². The second kappa shape index (κ2) is 5.77. The SMILES string of the molecule is Cc1cc(C#N)nc(NCCCn2ccnc2)n1. The molecule has 92 valence electrons. The zero-order chi connectivity index (χ0) is 12.8. The fraction of sp³-hybridized carbons (Fsp3) is 0.333. The van der Waals surface area contributed by atoms with E-state index in [2.05, 4.69) is 20.3 Å². The van der Waals surface area contributed by atoms with Crippen LogP contribution in [0.2, 0.25) is 0 Å². The summed E-state index contributed by atoms with van der Waals surface area (Å²) in [5.74, 6) is 0.511. The summed E-state index contributed by atoms with van der Waals surface area (Å²) >= 11 is 0. The molecule has 0 aliphatic rings. The van der Waals surface area contributed by atoms with E-state index in [1.165, 1.54) is 0 Å². The maximum atomic E-state index is 8.80. The average molecular weight is 242 g/mol. The summed E-state index contributed by atoms with van der Waals surface area (Å²) in [7, 11) is 0. The van der Waals surface area contributed by atoms with E-state index in [1.807, 2.05) is 23.8 Å². The van der Waals surface area contributed by atoms with Gasteiger partial charge in [0.1, 0.15) is 11.8 Å². The molecule has 0 bridgehead atoms. The first-order valence-electron chi connectivity index (χ1n) is 5.73. The molecule has 2 aromatic rings. The van der Waals surface area contributed by atoms with Gasteiger partial charge in [0.05, 0.1) is 6.33 Å². The lowest BCUT2D eigenvalue weighted by atomic mass is 10.3. The number of aryl methyl sites for hydroxylation is 2. The summed E-state index contributed by atoms with van der Waals surface area (Å²) in [5.41, 5.74) is 1.18. The number of hydrogen-bond donors (Lipinski definition) is 1.